The lowest BCUT2D eigenvalue weighted by atomic mass is 10.1. The first kappa shape index (κ1) is 26.0. The Labute approximate surface area is 221 Å². The summed E-state index contributed by atoms with van der Waals surface area (Å²) < 4.78 is 16.8. The number of amidine groups is 1. The van der Waals surface area contributed by atoms with E-state index in [1.807, 2.05) is 72.8 Å². The molecule has 190 valence electrons. The van der Waals surface area contributed by atoms with Crippen LogP contribution in [0.15, 0.2) is 92.5 Å². The van der Waals surface area contributed by atoms with E-state index in [2.05, 4.69) is 24.1 Å². The Balaban J connectivity index is 1.55. The van der Waals surface area contributed by atoms with E-state index >= 15 is 0 Å². The van der Waals surface area contributed by atoms with Gasteiger partial charge in [0.1, 0.15) is 5.76 Å². The van der Waals surface area contributed by atoms with Crippen LogP contribution >= 0.6 is 11.8 Å². The summed E-state index contributed by atoms with van der Waals surface area (Å²) in [7, 11) is 1.60. The quantitative estimate of drug-likeness (QED) is 0.175. The van der Waals surface area contributed by atoms with Crippen LogP contribution in [0, 0.1) is 5.92 Å². The zero-order valence-electron chi connectivity index (χ0n) is 21.0. The second-order valence-corrected chi connectivity index (χ2v) is 9.62. The highest BCUT2D eigenvalue weighted by Gasteiger charge is 2.34. The summed E-state index contributed by atoms with van der Waals surface area (Å²) in [4.78, 5) is 15.4. The summed E-state index contributed by atoms with van der Waals surface area (Å²) in [6.07, 6.45) is 8.74. The van der Waals surface area contributed by atoms with Gasteiger partial charge in [0.25, 0.3) is 5.91 Å². The molecule has 0 unspecified atom stereocenters. The Morgan fingerprint density at radius 3 is 2.62 bits per heavy atom. The summed E-state index contributed by atoms with van der Waals surface area (Å²) in [6.45, 7) is 5.03. The molecule has 0 N–H and O–H groups in total. The van der Waals surface area contributed by atoms with Crippen LogP contribution < -0.4 is 9.47 Å². The third-order valence-corrected chi connectivity index (χ3v) is 6.22. The maximum atomic E-state index is 13.3. The fraction of sp³-hybridized carbons (Fsp3) is 0.207. The predicted molar refractivity (Wildman–Crippen MR) is 150 cm³/mol. The van der Waals surface area contributed by atoms with Gasteiger partial charge >= 0.3 is 0 Å². The van der Waals surface area contributed by atoms with Gasteiger partial charge in [0.2, 0.25) is 0 Å². The molecule has 1 aliphatic rings. The maximum absolute atomic E-state index is 13.3. The summed E-state index contributed by atoms with van der Waals surface area (Å²) in [5.41, 5.74) is 1.88. The van der Waals surface area contributed by atoms with Gasteiger partial charge in [0, 0.05) is 6.21 Å². The summed E-state index contributed by atoms with van der Waals surface area (Å²) >= 11 is 1.27. The van der Waals surface area contributed by atoms with Gasteiger partial charge in [-0.2, -0.15) is 5.10 Å². The van der Waals surface area contributed by atoms with Gasteiger partial charge in [0.15, 0.2) is 16.7 Å². The Morgan fingerprint density at radius 2 is 1.89 bits per heavy atom. The number of nitrogens with zero attached hydrogens (tertiary/aromatic N) is 3. The molecule has 2 aromatic carbocycles. The molecule has 2 heterocycles. The van der Waals surface area contributed by atoms with Crippen LogP contribution in [0.5, 0.6) is 11.5 Å². The Hall–Kier alpha value is -4.04. The SMILES string of the molecule is COc1cc(/C=C2\S/C(=N/N=C\C=C\c3ccccc3)N(Cc3ccco3)C2=O)ccc1OCC(C)C. The van der Waals surface area contributed by atoms with Crippen molar-refractivity contribution in [1.29, 1.82) is 0 Å². The first-order valence-corrected chi connectivity index (χ1v) is 12.7. The van der Waals surface area contributed by atoms with Crippen LogP contribution in [0.2, 0.25) is 0 Å². The number of thioether (sulfide) groups is 1. The molecule has 37 heavy (non-hydrogen) atoms. The highest BCUT2D eigenvalue weighted by atomic mass is 32.2. The van der Waals surface area contributed by atoms with E-state index in [-0.39, 0.29) is 12.5 Å². The Kier molecular flexibility index (Phi) is 8.99. The molecule has 0 spiro atoms. The molecule has 1 aromatic heterocycles. The highest BCUT2D eigenvalue weighted by Crippen LogP contribution is 2.35. The second kappa shape index (κ2) is 12.8. The molecule has 8 heteroatoms. The molecule has 0 atom stereocenters. The van der Waals surface area contributed by atoms with Crippen LogP contribution in [0.25, 0.3) is 12.2 Å². The molecular weight excluding hydrogens is 486 g/mol. The Morgan fingerprint density at radius 1 is 1.05 bits per heavy atom. The van der Waals surface area contributed by atoms with E-state index in [4.69, 9.17) is 13.9 Å². The minimum atomic E-state index is -0.172. The van der Waals surface area contributed by atoms with Crippen molar-refractivity contribution in [3.63, 3.8) is 0 Å². The van der Waals surface area contributed by atoms with Crippen molar-refractivity contribution in [2.75, 3.05) is 13.7 Å². The standard InChI is InChI=1S/C29H29N3O4S/c1-21(2)20-36-25-14-13-23(17-26(25)34-3)18-27-28(33)32(19-24-12-8-16-35-24)29(37-27)31-30-15-7-11-22-9-5-4-6-10-22/h4-18,21H,19-20H2,1-3H3/b11-7+,27-18-,30-15-,31-29+. The molecule has 0 saturated carbocycles. The van der Waals surface area contributed by atoms with Crippen molar-refractivity contribution < 1.29 is 18.7 Å². The zero-order chi connectivity index (χ0) is 26.0. The highest BCUT2D eigenvalue weighted by molar-refractivity contribution is 8.18. The molecule has 4 rings (SSSR count). The maximum Gasteiger partial charge on any atom is 0.267 e. The number of allylic oxidation sites excluding steroid dienone is 1. The zero-order valence-corrected chi connectivity index (χ0v) is 21.9. The molecule has 0 aliphatic carbocycles. The average Bonchev–Trinajstić information content (AvgIpc) is 3.52. The average molecular weight is 516 g/mol. The van der Waals surface area contributed by atoms with E-state index in [0.29, 0.717) is 39.9 Å². The molecular formula is C29H29N3O4S. The predicted octanol–water partition coefficient (Wildman–Crippen LogP) is 6.49. The first-order chi connectivity index (χ1) is 18.0. The number of furan rings is 1. The van der Waals surface area contributed by atoms with Gasteiger partial charge in [-0.3, -0.25) is 9.69 Å². The monoisotopic (exact) mass is 515 g/mol. The molecule has 0 radical (unpaired) electrons. The van der Waals surface area contributed by atoms with Crippen molar-refractivity contribution in [2.45, 2.75) is 20.4 Å². The van der Waals surface area contributed by atoms with E-state index < -0.39 is 0 Å². The van der Waals surface area contributed by atoms with E-state index in [1.54, 1.807) is 30.6 Å². The molecule has 3 aromatic rings. The number of carbonyl (C=O) groups is 1. The van der Waals surface area contributed by atoms with Gasteiger partial charge in [-0.05, 0) is 65.2 Å². The fourth-order valence-corrected chi connectivity index (χ4v) is 4.36. The van der Waals surface area contributed by atoms with Crippen LogP contribution in [-0.2, 0) is 11.3 Å². The van der Waals surface area contributed by atoms with Crippen LogP contribution in [0.3, 0.4) is 0 Å². The molecule has 1 fully saturated rings. The smallest absolute Gasteiger partial charge is 0.267 e. The fourth-order valence-electron chi connectivity index (χ4n) is 3.42. The molecule has 7 nitrogen and oxygen atoms in total. The molecule has 1 saturated heterocycles. The molecule has 0 bridgehead atoms. The lowest BCUT2D eigenvalue weighted by Gasteiger charge is -2.13. The minimum absolute atomic E-state index is 0.172. The van der Waals surface area contributed by atoms with Crippen molar-refractivity contribution in [1.82, 2.24) is 4.90 Å². The number of hydrogen-bond acceptors (Lipinski definition) is 7. The number of rotatable bonds is 10. The molecule has 1 aliphatic heterocycles. The van der Waals surface area contributed by atoms with Crippen molar-refractivity contribution in [3.8, 4) is 11.5 Å². The number of carbonyl (C=O) groups excluding carboxylic acids is 1. The van der Waals surface area contributed by atoms with Gasteiger partial charge in [-0.25, -0.2) is 0 Å². The number of ether oxygens (including phenoxy) is 2. The summed E-state index contributed by atoms with van der Waals surface area (Å²) in [5.74, 6) is 2.16. The van der Waals surface area contributed by atoms with Gasteiger partial charge in [-0.15, -0.1) is 5.10 Å². The number of benzene rings is 2. The van der Waals surface area contributed by atoms with Crippen molar-refractivity contribution in [2.24, 2.45) is 16.1 Å². The summed E-state index contributed by atoms with van der Waals surface area (Å²) in [5, 5.41) is 8.96. The van der Waals surface area contributed by atoms with Crippen molar-refractivity contribution >= 4 is 41.2 Å². The van der Waals surface area contributed by atoms with Gasteiger partial charge in [-0.1, -0.05) is 56.3 Å². The third kappa shape index (κ3) is 7.24. The number of amides is 1. The second-order valence-electron chi connectivity index (χ2n) is 8.61. The minimum Gasteiger partial charge on any atom is -0.493 e. The third-order valence-electron chi connectivity index (χ3n) is 5.22. The number of methoxy groups -OCH3 is 1. The van der Waals surface area contributed by atoms with E-state index in [0.717, 1.165) is 11.1 Å². The Bertz CT molecular complexity index is 1310. The lowest BCUT2D eigenvalue weighted by molar-refractivity contribution is -0.122. The van der Waals surface area contributed by atoms with Gasteiger partial charge < -0.3 is 13.9 Å². The lowest BCUT2D eigenvalue weighted by Crippen LogP contribution is -2.28. The topological polar surface area (TPSA) is 76.6 Å². The summed E-state index contributed by atoms with van der Waals surface area (Å²) in [6, 6.07) is 19.1. The van der Waals surface area contributed by atoms with Crippen LogP contribution in [-0.4, -0.2) is 35.9 Å². The van der Waals surface area contributed by atoms with E-state index in [1.165, 1.54) is 11.8 Å². The van der Waals surface area contributed by atoms with Gasteiger partial charge in [0.05, 0.1) is 31.4 Å². The largest absolute Gasteiger partial charge is 0.493 e. The number of hydrogen-bond donors (Lipinski definition) is 0. The normalized spacial score (nSPS) is 16.2. The van der Waals surface area contributed by atoms with Crippen LogP contribution in [0.4, 0.5) is 0 Å². The van der Waals surface area contributed by atoms with E-state index in [9.17, 15) is 4.79 Å². The first-order valence-electron chi connectivity index (χ1n) is 11.9. The van der Waals surface area contributed by atoms with Crippen LogP contribution in [0.1, 0.15) is 30.7 Å². The van der Waals surface area contributed by atoms with Crippen molar-refractivity contribution in [3.05, 3.63) is 94.8 Å². The molecule has 1 amide bonds.